The number of rotatable bonds is 8. The van der Waals surface area contributed by atoms with E-state index in [-0.39, 0.29) is 6.61 Å². The van der Waals surface area contributed by atoms with E-state index in [2.05, 4.69) is 72.5 Å². The van der Waals surface area contributed by atoms with Crippen molar-refractivity contribution in [1.82, 2.24) is 10.9 Å². The lowest BCUT2D eigenvalue weighted by Gasteiger charge is -2.12. The summed E-state index contributed by atoms with van der Waals surface area (Å²) in [5.41, 5.74) is 5.07. The molecule has 0 aliphatic heterocycles. The van der Waals surface area contributed by atoms with Crippen molar-refractivity contribution in [3.8, 4) is 11.5 Å². The molecule has 9 heteroatoms. The molecule has 2 amide bonds. The molecule has 0 aliphatic rings. The van der Waals surface area contributed by atoms with Crippen LogP contribution >= 0.6 is 47.8 Å². The third-order valence-electron chi connectivity index (χ3n) is 3.71. The second-order valence-electron chi connectivity index (χ2n) is 6.54. The Morgan fingerprint density at radius 1 is 0.931 bits per heavy atom. The van der Waals surface area contributed by atoms with Crippen LogP contribution in [0.4, 0.5) is 0 Å². The third-order valence-corrected chi connectivity index (χ3v) is 5.45. The molecule has 0 aromatic heterocycles. The van der Waals surface area contributed by atoms with Crippen molar-refractivity contribution in [1.29, 1.82) is 0 Å². The molecule has 0 atom stereocenters. The van der Waals surface area contributed by atoms with Crippen LogP contribution in [0.5, 0.6) is 11.5 Å². The van der Waals surface area contributed by atoms with Crippen LogP contribution in [0, 0.1) is 5.92 Å². The fraction of sp³-hybridized carbons (Fsp3) is 0.300. The maximum Gasteiger partial charge on any atom is 0.276 e. The number of hydrazine groups is 1. The van der Waals surface area contributed by atoms with E-state index in [0.717, 1.165) is 10.9 Å². The number of amides is 2. The molecule has 2 aromatic rings. The largest absolute Gasteiger partial charge is 0.492 e. The standard InChI is InChI=1S/C20H21Br3N2O4/c1-12(2)7-8-28-17-5-3-13(9-15(17)22)20(27)25-24-19(26)11-29-18-6-4-14(21)10-16(18)23/h3-6,9-10,12H,7-8,11H2,1-2H3,(H,24,26)(H,25,27). The van der Waals surface area contributed by atoms with Gasteiger partial charge in [0, 0.05) is 10.0 Å². The predicted octanol–water partition coefficient (Wildman–Crippen LogP) is 5.24. The van der Waals surface area contributed by atoms with Crippen LogP contribution in [0.25, 0.3) is 0 Å². The molecular weight excluding hydrogens is 572 g/mol. The Hall–Kier alpha value is -1.58. The lowest BCUT2D eigenvalue weighted by Crippen LogP contribution is -2.43. The average molecular weight is 593 g/mol. The zero-order valence-corrected chi connectivity index (χ0v) is 20.7. The quantitative estimate of drug-likeness (QED) is 0.411. The fourth-order valence-electron chi connectivity index (χ4n) is 2.13. The molecule has 0 radical (unpaired) electrons. The van der Waals surface area contributed by atoms with E-state index in [1.165, 1.54) is 0 Å². The van der Waals surface area contributed by atoms with Crippen molar-refractivity contribution in [2.75, 3.05) is 13.2 Å². The van der Waals surface area contributed by atoms with Gasteiger partial charge in [-0.2, -0.15) is 0 Å². The van der Waals surface area contributed by atoms with Crippen molar-refractivity contribution in [3.05, 3.63) is 55.4 Å². The molecular formula is C20H21Br3N2O4. The van der Waals surface area contributed by atoms with Crippen LogP contribution in [-0.2, 0) is 4.79 Å². The highest BCUT2D eigenvalue weighted by Crippen LogP contribution is 2.28. The predicted molar refractivity (Wildman–Crippen MR) is 122 cm³/mol. The van der Waals surface area contributed by atoms with Gasteiger partial charge >= 0.3 is 0 Å². The molecule has 0 fully saturated rings. The molecule has 0 saturated heterocycles. The number of carbonyl (C=O) groups excluding carboxylic acids is 2. The summed E-state index contributed by atoms with van der Waals surface area (Å²) in [6, 6.07) is 10.3. The molecule has 2 N–H and O–H groups in total. The van der Waals surface area contributed by atoms with Crippen LogP contribution < -0.4 is 20.3 Å². The van der Waals surface area contributed by atoms with Gasteiger partial charge in [0.2, 0.25) is 0 Å². The zero-order valence-electron chi connectivity index (χ0n) is 15.9. The number of benzene rings is 2. The Kier molecular flexibility index (Phi) is 9.45. The number of ether oxygens (including phenoxy) is 2. The second-order valence-corrected chi connectivity index (χ2v) is 9.17. The molecule has 6 nitrogen and oxygen atoms in total. The van der Waals surface area contributed by atoms with Gasteiger partial charge in [-0.1, -0.05) is 29.8 Å². The molecule has 0 aliphatic carbocycles. The van der Waals surface area contributed by atoms with Gasteiger partial charge in [-0.15, -0.1) is 0 Å². The van der Waals surface area contributed by atoms with Crippen LogP contribution in [0.1, 0.15) is 30.6 Å². The molecule has 2 aromatic carbocycles. The SMILES string of the molecule is CC(C)CCOc1ccc(C(=O)NNC(=O)COc2ccc(Br)cc2Br)cc1Br. The molecule has 0 spiro atoms. The van der Waals surface area contributed by atoms with Gasteiger partial charge < -0.3 is 9.47 Å². The first kappa shape index (κ1) is 23.7. The molecule has 2 rings (SSSR count). The molecule has 0 saturated carbocycles. The van der Waals surface area contributed by atoms with Gasteiger partial charge in [0.1, 0.15) is 11.5 Å². The number of hydrogen-bond donors (Lipinski definition) is 2. The summed E-state index contributed by atoms with van der Waals surface area (Å²) in [5.74, 6) is 0.807. The van der Waals surface area contributed by atoms with Crippen LogP contribution in [0.15, 0.2) is 49.8 Å². The molecule has 0 unspecified atom stereocenters. The lowest BCUT2D eigenvalue weighted by molar-refractivity contribution is -0.123. The summed E-state index contributed by atoms with van der Waals surface area (Å²) in [6.45, 7) is 4.62. The first-order valence-electron chi connectivity index (χ1n) is 8.85. The minimum absolute atomic E-state index is 0.243. The minimum Gasteiger partial charge on any atom is -0.492 e. The fourth-order valence-corrected chi connectivity index (χ4v) is 3.79. The van der Waals surface area contributed by atoms with Gasteiger partial charge in [0.25, 0.3) is 11.8 Å². The Morgan fingerprint density at radius 2 is 1.59 bits per heavy atom. The van der Waals surface area contributed by atoms with E-state index in [0.29, 0.717) is 38.5 Å². The van der Waals surface area contributed by atoms with Crippen molar-refractivity contribution >= 4 is 59.6 Å². The number of nitrogens with one attached hydrogen (secondary N) is 2. The van der Waals surface area contributed by atoms with Crippen LogP contribution in [0.3, 0.4) is 0 Å². The van der Waals surface area contributed by atoms with Crippen LogP contribution in [-0.4, -0.2) is 25.0 Å². The van der Waals surface area contributed by atoms with E-state index in [1.807, 2.05) is 6.07 Å². The first-order chi connectivity index (χ1) is 13.8. The maximum absolute atomic E-state index is 12.2. The highest BCUT2D eigenvalue weighted by atomic mass is 79.9. The molecule has 0 bridgehead atoms. The van der Waals surface area contributed by atoms with Gasteiger partial charge in [0.05, 0.1) is 15.6 Å². The van der Waals surface area contributed by atoms with E-state index in [9.17, 15) is 9.59 Å². The van der Waals surface area contributed by atoms with Crippen LogP contribution in [0.2, 0.25) is 0 Å². The van der Waals surface area contributed by atoms with Gasteiger partial charge in [0.15, 0.2) is 6.61 Å². The zero-order chi connectivity index (χ0) is 21.4. The molecule has 0 heterocycles. The normalized spacial score (nSPS) is 10.6. The highest BCUT2D eigenvalue weighted by molar-refractivity contribution is 9.11. The van der Waals surface area contributed by atoms with Crippen molar-refractivity contribution in [2.45, 2.75) is 20.3 Å². The summed E-state index contributed by atoms with van der Waals surface area (Å²) in [6.07, 6.45) is 0.944. The van der Waals surface area contributed by atoms with E-state index in [4.69, 9.17) is 9.47 Å². The van der Waals surface area contributed by atoms with Crippen molar-refractivity contribution in [2.24, 2.45) is 5.92 Å². The number of carbonyl (C=O) groups is 2. The summed E-state index contributed by atoms with van der Waals surface area (Å²) in [4.78, 5) is 24.2. The van der Waals surface area contributed by atoms with E-state index < -0.39 is 11.8 Å². The lowest BCUT2D eigenvalue weighted by atomic mass is 10.1. The van der Waals surface area contributed by atoms with Crippen molar-refractivity contribution < 1.29 is 19.1 Å². The summed E-state index contributed by atoms with van der Waals surface area (Å²) in [5, 5.41) is 0. The number of hydrogen-bond acceptors (Lipinski definition) is 4. The Morgan fingerprint density at radius 3 is 2.24 bits per heavy atom. The average Bonchev–Trinajstić information content (AvgIpc) is 2.66. The summed E-state index contributed by atoms with van der Waals surface area (Å²) < 4.78 is 13.4. The minimum atomic E-state index is -0.485. The third kappa shape index (κ3) is 7.98. The monoisotopic (exact) mass is 590 g/mol. The van der Waals surface area contributed by atoms with E-state index in [1.54, 1.807) is 30.3 Å². The van der Waals surface area contributed by atoms with Gasteiger partial charge in [-0.25, -0.2) is 0 Å². The van der Waals surface area contributed by atoms with Gasteiger partial charge in [-0.3, -0.25) is 20.4 Å². The number of halogens is 3. The molecule has 29 heavy (non-hydrogen) atoms. The summed E-state index contributed by atoms with van der Waals surface area (Å²) >= 11 is 10.1. The first-order valence-corrected chi connectivity index (χ1v) is 11.2. The van der Waals surface area contributed by atoms with Crippen molar-refractivity contribution in [3.63, 3.8) is 0 Å². The Labute approximate surface area is 195 Å². The highest BCUT2D eigenvalue weighted by Gasteiger charge is 2.12. The Bertz CT molecular complexity index is 875. The topological polar surface area (TPSA) is 76.7 Å². The maximum atomic E-state index is 12.2. The second kappa shape index (κ2) is 11.6. The van der Waals surface area contributed by atoms with Gasteiger partial charge in [-0.05, 0) is 80.6 Å². The summed E-state index contributed by atoms with van der Waals surface area (Å²) in [7, 11) is 0. The Balaban J connectivity index is 1.82. The van der Waals surface area contributed by atoms with E-state index >= 15 is 0 Å². The molecule has 156 valence electrons. The smallest absolute Gasteiger partial charge is 0.276 e.